The molecule has 2 N–H and O–H groups in total. The number of furan rings is 2. The molecule has 1 aliphatic rings. The van der Waals surface area contributed by atoms with E-state index in [2.05, 4.69) is 0 Å². The third-order valence-electron chi connectivity index (χ3n) is 4.42. The molecule has 0 amide bonds. The smallest absolute Gasteiger partial charge is 0.139 e. The highest BCUT2D eigenvalue weighted by Crippen LogP contribution is 2.42. The van der Waals surface area contributed by atoms with E-state index in [1.165, 1.54) is 19.3 Å². The molecular formula is C16H17NO2. The molecule has 1 aliphatic carbocycles. The van der Waals surface area contributed by atoms with Crippen LogP contribution < -0.4 is 5.73 Å². The van der Waals surface area contributed by atoms with Gasteiger partial charge in [0.2, 0.25) is 0 Å². The number of hydrogen-bond donors (Lipinski definition) is 1. The summed E-state index contributed by atoms with van der Waals surface area (Å²) in [5.41, 5.74) is 9.42. The first-order valence-electron chi connectivity index (χ1n) is 6.95. The Morgan fingerprint density at radius 3 is 2.63 bits per heavy atom. The van der Waals surface area contributed by atoms with Crippen molar-refractivity contribution in [2.45, 2.75) is 37.6 Å². The predicted octanol–water partition coefficient (Wildman–Crippen LogP) is 4.30. The van der Waals surface area contributed by atoms with Gasteiger partial charge in [0.15, 0.2) is 0 Å². The van der Waals surface area contributed by atoms with Gasteiger partial charge in [-0.25, -0.2) is 0 Å². The SMILES string of the molecule is NC1(c2c3ccoc3cc3ccoc23)CCCCC1. The number of fused-ring (bicyclic) bond motifs is 2. The van der Waals surface area contributed by atoms with Gasteiger partial charge < -0.3 is 14.6 Å². The molecule has 0 saturated heterocycles. The number of benzene rings is 1. The van der Waals surface area contributed by atoms with E-state index in [-0.39, 0.29) is 5.54 Å². The molecule has 2 aromatic heterocycles. The lowest BCUT2D eigenvalue weighted by atomic mass is 9.76. The summed E-state index contributed by atoms with van der Waals surface area (Å²) < 4.78 is 11.3. The van der Waals surface area contributed by atoms with Crippen LogP contribution in [0.15, 0.2) is 39.6 Å². The average Bonchev–Trinajstić information content (AvgIpc) is 3.03. The molecule has 0 radical (unpaired) electrons. The van der Waals surface area contributed by atoms with E-state index >= 15 is 0 Å². The topological polar surface area (TPSA) is 52.3 Å². The van der Waals surface area contributed by atoms with Crippen molar-refractivity contribution in [2.24, 2.45) is 5.73 Å². The third kappa shape index (κ3) is 1.55. The second-order valence-electron chi connectivity index (χ2n) is 5.64. The lowest BCUT2D eigenvalue weighted by molar-refractivity contribution is 0.304. The van der Waals surface area contributed by atoms with Crippen LogP contribution >= 0.6 is 0 Å². The van der Waals surface area contributed by atoms with Crippen LogP contribution in [-0.2, 0) is 5.54 Å². The van der Waals surface area contributed by atoms with Crippen LogP contribution in [0.1, 0.15) is 37.7 Å². The molecule has 1 saturated carbocycles. The van der Waals surface area contributed by atoms with Crippen molar-refractivity contribution in [1.29, 1.82) is 0 Å². The predicted molar refractivity (Wildman–Crippen MR) is 74.9 cm³/mol. The van der Waals surface area contributed by atoms with Gasteiger partial charge in [-0.2, -0.15) is 0 Å². The van der Waals surface area contributed by atoms with Gasteiger partial charge in [-0.05, 0) is 31.0 Å². The van der Waals surface area contributed by atoms with Gasteiger partial charge in [0, 0.05) is 21.9 Å². The van der Waals surface area contributed by atoms with Crippen LogP contribution in [0.25, 0.3) is 21.9 Å². The number of rotatable bonds is 1. The summed E-state index contributed by atoms with van der Waals surface area (Å²) >= 11 is 0. The molecule has 1 fully saturated rings. The molecule has 3 nitrogen and oxygen atoms in total. The molecule has 2 heterocycles. The molecule has 0 aliphatic heterocycles. The van der Waals surface area contributed by atoms with Crippen molar-refractivity contribution in [3.63, 3.8) is 0 Å². The number of hydrogen-bond acceptors (Lipinski definition) is 3. The first-order chi connectivity index (χ1) is 9.28. The molecule has 19 heavy (non-hydrogen) atoms. The average molecular weight is 255 g/mol. The molecule has 1 aromatic carbocycles. The van der Waals surface area contributed by atoms with E-state index in [1.807, 2.05) is 18.2 Å². The molecule has 0 spiro atoms. The van der Waals surface area contributed by atoms with Gasteiger partial charge in [-0.1, -0.05) is 19.3 Å². The van der Waals surface area contributed by atoms with Gasteiger partial charge in [0.05, 0.1) is 12.5 Å². The lowest BCUT2D eigenvalue weighted by Crippen LogP contribution is -2.38. The minimum absolute atomic E-state index is 0.280. The maximum Gasteiger partial charge on any atom is 0.139 e. The molecular weight excluding hydrogens is 238 g/mol. The summed E-state index contributed by atoms with van der Waals surface area (Å²) in [6.07, 6.45) is 9.17. The zero-order valence-electron chi connectivity index (χ0n) is 10.8. The largest absolute Gasteiger partial charge is 0.464 e. The molecule has 0 atom stereocenters. The second kappa shape index (κ2) is 3.87. The first-order valence-corrected chi connectivity index (χ1v) is 6.95. The van der Waals surface area contributed by atoms with E-state index in [1.54, 1.807) is 12.5 Å². The minimum atomic E-state index is -0.280. The summed E-state index contributed by atoms with van der Waals surface area (Å²) in [5.74, 6) is 0. The molecule has 4 rings (SSSR count). The Morgan fingerprint density at radius 2 is 1.79 bits per heavy atom. The van der Waals surface area contributed by atoms with E-state index < -0.39 is 0 Å². The first kappa shape index (κ1) is 11.1. The van der Waals surface area contributed by atoms with E-state index in [0.717, 1.165) is 40.3 Å². The maximum absolute atomic E-state index is 6.73. The minimum Gasteiger partial charge on any atom is -0.464 e. The third-order valence-corrected chi connectivity index (χ3v) is 4.42. The molecule has 3 aromatic rings. The molecule has 0 unspecified atom stereocenters. The van der Waals surface area contributed by atoms with Crippen molar-refractivity contribution in [3.05, 3.63) is 36.3 Å². The van der Waals surface area contributed by atoms with Crippen molar-refractivity contribution in [3.8, 4) is 0 Å². The summed E-state index contributed by atoms with van der Waals surface area (Å²) in [6, 6.07) is 6.02. The Bertz CT molecular complexity index is 683. The van der Waals surface area contributed by atoms with Gasteiger partial charge >= 0.3 is 0 Å². The molecule has 98 valence electrons. The Balaban J connectivity index is 2.07. The van der Waals surface area contributed by atoms with Gasteiger partial charge in [0.1, 0.15) is 11.2 Å². The lowest BCUT2D eigenvalue weighted by Gasteiger charge is -2.34. The van der Waals surface area contributed by atoms with E-state index in [0.29, 0.717) is 0 Å². The van der Waals surface area contributed by atoms with Gasteiger partial charge in [-0.3, -0.25) is 0 Å². The van der Waals surface area contributed by atoms with E-state index in [4.69, 9.17) is 14.6 Å². The van der Waals surface area contributed by atoms with Gasteiger partial charge in [0.25, 0.3) is 0 Å². The fraction of sp³-hybridized carbons (Fsp3) is 0.375. The van der Waals surface area contributed by atoms with Crippen molar-refractivity contribution in [1.82, 2.24) is 0 Å². The standard InChI is InChI=1S/C16H17NO2/c17-16(6-2-1-3-7-16)14-12-5-9-18-13(12)10-11-4-8-19-15(11)14/h4-5,8-10H,1-3,6-7,17H2. The fourth-order valence-corrected chi connectivity index (χ4v) is 3.47. The van der Waals surface area contributed by atoms with Crippen LogP contribution in [0.3, 0.4) is 0 Å². The zero-order valence-corrected chi connectivity index (χ0v) is 10.8. The summed E-state index contributed by atoms with van der Waals surface area (Å²) in [7, 11) is 0. The molecule has 0 bridgehead atoms. The highest BCUT2D eigenvalue weighted by atomic mass is 16.3. The summed E-state index contributed by atoms with van der Waals surface area (Å²) in [5, 5.41) is 2.18. The Labute approximate surface area is 111 Å². The quantitative estimate of drug-likeness (QED) is 0.705. The Morgan fingerprint density at radius 1 is 1.00 bits per heavy atom. The molecule has 3 heteroatoms. The van der Waals surface area contributed by atoms with Crippen molar-refractivity contribution < 1.29 is 8.83 Å². The van der Waals surface area contributed by atoms with Gasteiger partial charge in [-0.15, -0.1) is 0 Å². The van der Waals surface area contributed by atoms with Crippen LogP contribution in [-0.4, -0.2) is 0 Å². The highest BCUT2D eigenvalue weighted by molar-refractivity contribution is 5.98. The maximum atomic E-state index is 6.73. The van der Waals surface area contributed by atoms with Crippen LogP contribution in [0.2, 0.25) is 0 Å². The van der Waals surface area contributed by atoms with Crippen LogP contribution in [0.4, 0.5) is 0 Å². The van der Waals surface area contributed by atoms with Crippen LogP contribution in [0, 0.1) is 0 Å². The monoisotopic (exact) mass is 255 g/mol. The zero-order chi connectivity index (χ0) is 12.9. The summed E-state index contributed by atoms with van der Waals surface area (Å²) in [6.45, 7) is 0. The second-order valence-corrected chi connectivity index (χ2v) is 5.64. The summed E-state index contributed by atoms with van der Waals surface area (Å²) in [4.78, 5) is 0. The van der Waals surface area contributed by atoms with E-state index in [9.17, 15) is 0 Å². The van der Waals surface area contributed by atoms with Crippen molar-refractivity contribution >= 4 is 21.9 Å². The Kier molecular flexibility index (Phi) is 2.27. The Hall–Kier alpha value is -1.74. The fourth-order valence-electron chi connectivity index (χ4n) is 3.47. The van der Waals surface area contributed by atoms with Crippen LogP contribution in [0.5, 0.6) is 0 Å². The number of nitrogens with two attached hydrogens (primary N) is 1. The highest BCUT2D eigenvalue weighted by Gasteiger charge is 2.34. The van der Waals surface area contributed by atoms with Crippen molar-refractivity contribution in [2.75, 3.05) is 0 Å². The normalized spacial score (nSPS) is 19.2.